The predicted molar refractivity (Wildman–Crippen MR) is 76.8 cm³/mol. The molecule has 2 fully saturated rings. The van der Waals surface area contributed by atoms with Crippen LogP contribution in [0, 0.1) is 17.8 Å². The quantitative estimate of drug-likeness (QED) is 0.928. The largest absolute Gasteiger partial charge is 0.380 e. The van der Waals surface area contributed by atoms with Crippen LogP contribution in [0.2, 0.25) is 0 Å². The Morgan fingerprint density at radius 1 is 1.20 bits per heavy atom. The molecule has 0 amide bonds. The molecule has 3 unspecified atom stereocenters. The molecule has 0 aromatic carbocycles. The zero-order chi connectivity index (χ0) is 13.5. The van der Waals surface area contributed by atoms with Crippen LogP contribution in [0.3, 0.4) is 0 Å². The van der Waals surface area contributed by atoms with Crippen molar-refractivity contribution in [3.05, 3.63) is 30.3 Å². The van der Waals surface area contributed by atoms with Crippen LogP contribution in [-0.4, -0.2) is 10.1 Å². The summed E-state index contributed by atoms with van der Waals surface area (Å²) in [6, 6.07) is 3.93. The molecule has 4 heteroatoms. The summed E-state index contributed by atoms with van der Waals surface area (Å²) >= 11 is 0. The summed E-state index contributed by atoms with van der Waals surface area (Å²) in [5.41, 5.74) is 8.02. The van der Waals surface area contributed by atoms with E-state index in [0.29, 0.717) is 5.82 Å². The Labute approximate surface area is 118 Å². The lowest BCUT2D eigenvalue weighted by atomic mass is 9.85. The number of nitrogen functional groups attached to an aromatic ring is 1. The minimum Gasteiger partial charge on any atom is -0.380 e. The Hall–Kier alpha value is -1.84. The normalized spacial score (nSPS) is 28.1. The van der Waals surface area contributed by atoms with Crippen molar-refractivity contribution in [2.45, 2.75) is 32.1 Å². The third-order valence-electron chi connectivity index (χ3n) is 5.09. The summed E-state index contributed by atoms with van der Waals surface area (Å²) in [6.07, 6.45) is 10.1. The highest BCUT2D eigenvalue weighted by Gasteiger charge is 2.40. The minimum atomic E-state index is 0.495. The summed E-state index contributed by atoms with van der Waals surface area (Å²) in [5, 5.41) is 3.98. The van der Waals surface area contributed by atoms with Gasteiger partial charge in [0.15, 0.2) is 5.82 Å². The van der Waals surface area contributed by atoms with Gasteiger partial charge in [-0.1, -0.05) is 11.6 Å². The van der Waals surface area contributed by atoms with Crippen molar-refractivity contribution < 1.29 is 4.52 Å². The molecule has 0 spiro atoms. The third-order valence-corrected chi connectivity index (χ3v) is 5.09. The molecule has 0 radical (unpaired) electrons. The molecule has 2 aromatic rings. The van der Waals surface area contributed by atoms with Crippen molar-refractivity contribution >= 4 is 5.82 Å². The monoisotopic (exact) mass is 269 g/mol. The first-order valence-corrected chi connectivity index (χ1v) is 7.45. The Morgan fingerprint density at radius 3 is 2.75 bits per heavy atom. The molecule has 104 valence electrons. The maximum absolute atomic E-state index is 6.00. The van der Waals surface area contributed by atoms with E-state index in [9.17, 15) is 0 Å². The summed E-state index contributed by atoms with van der Waals surface area (Å²) in [5.74, 6) is 4.04. The van der Waals surface area contributed by atoms with E-state index in [1.54, 1.807) is 12.4 Å². The second-order valence-electron chi connectivity index (χ2n) is 6.24. The van der Waals surface area contributed by atoms with Crippen molar-refractivity contribution in [3.63, 3.8) is 0 Å². The van der Waals surface area contributed by atoms with Gasteiger partial charge in [0.25, 0.3) is 0 Å². The fourth-order valence-corrected chi connectivity index (χ4v) is 4.17. The van der Waals surface area contributed by atoms with Crippen LogP contribution in [0.5, 0.6) is 0 Å². The van der Waals surface area contributed by atoms with Crippen LogP contribution < -0.4 is 5.73 Å². The van der Waals surface area contributed by atoms with E-state index in [1.165, 1.54) is 25.7 Å². The number of rotatable bonds is 3. The van der Waals surface area contributed by atoms with Crippen molar-refractivity contribution in [2.24, 2.45) is 17.8 Å². The maximum Gasteiger partial charge on any atom is 0.175 e. The molecule has 3 atom stereocenters. The molecule has 2 N–H and O–H groups in total. The molecule has 2 aromatic heterocycles. The van der Waals surface area contributed by atoms with Crippen LogP contribution in [0.15, 0.2) is 29.0 Å². The Balaban J connectivity index is 1.63. The minimum absolute atomic E-state index is 0.495. The lowest BCUT2D eigenvalue weighted by molar-refractivity contribution is 0.294. The SMILES string of the molecule is Nc1noc(CC2CC3CCC2C3)c1-c1ccncc1. The average Bonchev–Trinajstić information content (AvgIpc) is 3.16. The molecule has 0 aliphatic heterocycles. The highest BCUT2D eigenvalue weighted by Crippen LogP contribution is 2.50. The van der Waals surface area contributed by atoms with Gasteiger partial charge in [0, 0.05) is 18.8 Å². The van der Waals surface area contributed by atoms with Gasteiger partial charge in [0.2, 0.25) is 0 Å². The molecule has 2 aliphatic rings. The predicted octanol–water partition coefficient (Wildman–Crippen LogP) is 3.30. The molecule has 2 bridgehead atoms. The average molecular weight is 269 g/mol. The van der Waals surface area contributed by atoms with Gasteiger partial charge >= 0.3 is 0 Å². The maximum atomic E-state index is 6.00. The lowest BCUT2D eigenvalue weighted by Crippen LogP contribution is -2.13. The number of fused-ring (bicyclic) bond motifs is 2. The zero-order valence-electron chi connectivity index (χ0n) is 11.5. The van der Waals surface area contributed by atoms with Crippen molar-refractivity contribution in [1.82, 2.24) is 10.1 Å². The van der Waals surface area contributed by atoms with Crippen LogP contribution in [0.4, 0.5) is 5.82 Å². The Bertz CT molecular complexity index is 607. The number of pyridine rings is 1. The van der Waals surface area contributed by atoms with Crippen molar-refractivity contribution in [2.75, 3.05) is 5.73 Å². The second kappa shape index (κ2) is 4.62. The van der Waals surface area contributed by atoms with E-state index in [1.807, 2.05) is 12.1 Å². The molecule has 2 aliphatic carbocycles. The molecular weight excluding hydrogens is 250 g/mol. The number of nitrogens with zero attached hydrogens (tertiary/aromatic N) is 2. The first-order chi connectivity index (χ1) is 9.81. The van der Waals surface area contributed by atoms with Gasteiger partial charge in [-0.3, -0.25) is 4.98 Å². The smallest absolute Gasteiger partial charge is 0.175 e. The third kappa shape index (κ3) is 1.90. The van der Waals surface area contributed by atoms with Crippen LogP contribution in [0.1, 0.15) is 31.4 Å². The number of aromatic nitrogens is 2. The van der Waals surface area contributed by atoms with E-state index in [0.717, 1.165) is 41.1 Å². The highest BCUT2D eigenvalue weighted by molar-refractivity contribution is 5.75. The molecule has 0 saturated heterocycles. The zero-order valence-corrected chi connectivity index (χ0v) is 11.5. The van der Waals surface area contributed by atoms with Crippen LogP contribution >= 0.6 is 0 Å². The molecule has 4 nitrogen and oxygen atoms in total. The van der Waals surface area contributed by atoms with Crippen LogP contribution in [0.25, 0.3) is 11.1 Å². The van der Waals surface area contributed by atoms with Gasteiger partial charge in [0.05, 0.1) is 5.56 Å². The Kier molecular flexibility index (Phi) is 2.76. The summed E-state index contributed by atoms with van der Waals surface area (Å²) < 4.78 is 5.52. The first kappa shape index (κ1) is 11.9. The number of anilines is 1. The van der Waals surface area contributed by atoms with E-state index >= 15 is 0 Å². The number of nitrogens with two attached hydrogens (primary N) is 1. The van der Waals surface area contributed by atoms with Crippen LogP contribution in [-0.2, 0) is 6.42 Å². The highest BCUT2D eigenvalue weighted by atomic mass is 16.5. The summed E-state index contributed by atoms with van der Waals surface area (Å²) in [6.45, 7) is 0. The second-order valence-corrected chi connectivity index (χ2v) is 6.24. The van der Waals surface area contributed by atoms with Gasteiger partial charge in [-0.15, -0.1) is 0 Å². The van der Waals surface area contributed by atoms with Gasteiger partial charge < -0.3 is 10.3 Å². The van der Waals surface area contributed by atoms with Gasteiger partial charge in [0.1, 0.15) is 5.76 Å². The molecule has 2 saturated carbocycles. The summed E-state index contributed by atoms with van der Waals surface area (Å²) in [7, 11) is 0. The summed E-state index contributed by atoms with van der Waals surface area (Å²) in [4.78, 5) is 4.06. The van der Waals surface area contributed by atoms with E-state index in [4.69, 9.17) is 10.3 Å². The van der Waals surface area contributed by atoms with E-state index < -0.39 is 0 Å². The van der Waals surface area contributed by atoms with E-state index in [2.05, 4.69) is 10.1 Å². The molecule has 4 rings (SSSR count). The van der Waals surface area contributed by atoms with Crippen molar-refractivity contribution in [1.29, 1.82) is 0 Å². The molecule has 20 heavy (non-hydrogen) atoms. The fourth-order valence-electron chi connectivity index (χ4n) is 4.17. The standard InChI is InChI=1S/C16H19N3O/c17-16-15(11-3-5-18-6-4-11)14(20-19-16)9-13-8-10-1-2-12(13)7-10/h3-6,10,12-13H,1-2,7-9H2,(H2,17,19). The molecular formula is C16H19N3O. The first-order valence-electron chi connectivity index (χ1n) is 7.45. The van der Waals surface area contributed by atoms with Gasteiger partial charge in [-0.25, -0.2) is 0 Å². The number of hydrogen-bond donors (Lipinski definition) is 1. The number of hydrogen-bond acceptors (Lipinski definition) is 4. The topological polar surface area (TPSA) is 64.9 Å². The fraction of sp³-hybridized carbons (Fsp3) is 0.500. The lowest BCUT2D eigenvalue weighted by Gasteiger charge is -2.20. The van der Waals surface area contributed by atoms with E-state index in [-0.39, 0.29) is 0 Å². The van der Waals surface area contributed by atoms with Gasteiger partial charge in [-0.2, -0.15) is 0 Å². The molecule has 2 heterocycles. The van der Waals surface area contributed by atoms with Crippen molar-refractivity contribution in [3.8, 4) is 11.1 Å². The van der Waals surface area contributed by atoms with Gasteiger partial charge in [-0.05, 0) is 54.7 Å². The Morgan fingerprint density at radius 2 is 2.05 bits per heavy atom.